The molecular weight excluding hydrogens is 346 g/mol. The summed E-state index contributed by atoms with van der Waals surface area (Å²) < 4.78 is 7.83. The molecule has 4 rings (SSSR count). The lowest BCUT2D eigenvalue weighted by atomic mass is 10.2. The van der Waals surface area contributed by atoms with Crippen molar-refractivity contribution >= 4 is 28.3 Å². The molecule has 2 N–H and O–H groups in total. The lowest BCUT2D eigenvalue weighted by molar-refractivity contribution is 0.1000. The van der Waals surface area contributed by atoms with Crippen LogP contribution in [0.3, 0.4) is 0 Å². The fraction of sp³-hybridized carbons (Fsp3) is 0.100. The Bertz CT molecular complexity index is 1080. The van der Waals surface area contributed by atoms with Crippen LogP contribution in [0.15, 0.2) is 60.9 Å². The van der Waals surface area contributed by atoms with Crippen molar-refractivity contribution in [3.8, 4) is 10.8 Å². The molecule has 6 heteroatoms. The third-order valence-electron chi connectivity index (χ3n) is 4.11. The van der Waals surface area contributed by atoms with Crippen molar-refractivity contribution in [3.05, 3.63) is 76.9 Å². The third-order valence-corrected chi connectivity index (χ3v) is 5.24. The van der Waals surface area contributed by atoms with Gasteiger partial charge in [-0.2, -0.15) is 0 Å². The van der Waals surface area contributed by atoms with Gasteiger partial charge in [-0.1, -0.05) is 42.0 Å². The minimum Gasteiger partial charge on any atom is -0.487 e. The summed E-state index contributed by atoms with van der Waals surface area (Å²) in [5.41, 5.74) is 9.63. The number of para-hydroxylation sites is 2. The fourth-order valence-corrected chi connectivity index (χ4v) is 3.68. The van der Waals surface area contributed by atoms with Crippen molar-refractivity contribution in [2.24, 2.45) is 5.73 Å². The molecule has 130 valence electrons. The number of hydrogen-bond donors (Lipinski definition) is 1. The Hall–Kier alpha value is -3.12. The highest BCUT2D eigenvalue weighted by atomic mass is 32.1. The van der Waals surface area contributed by atoms with E-state index in [-0.39, 0.29) is 0 Å². The van der Waals surface area contributed by atoms with Crippen LogP contribution in [0.2, 0.25) is 0 Å². The molecule has 0 unspecified atom stereocenters. The number of ether oxygens (including phenoxy) is 1. The van der Waals surface area contributed by atoms with Crippen molar-refractivity contribution in [2.45, 2.75) is 13.5 Å². The zero-order chi connectivity index (χ0) is 18.1. The molecule has 26 heavy (non-hydrogen) atoms. The second-order valence-corrected chi connectivity index (χ2v) is 7.05. The fourth-order valence-electron chi connectivity index (χ4n) is 2.74. The van der Waals surface area contributed by atoms with Gasteiger partial charge in [-0.05, 0) is 24.6 Å². The Morgan fingerprint density at radius 2 is 1.96 bits per heavy atom. The van der Waals surface area contributed by atoms with Crippen LogP contribution < -0.4 is 10.5 Å². The van der Waals surface area contributed by atoms with Crippen molar-refractivity contribution in [1.29, 1.82) is 0 Å². The predicted molar refractivity (Wildman–Crippen MR) is 103 cm³/mol. The molecule has 4 aromatic rings. The average molecular weight is 363 g/mol. The van der Waals surface area contributed by atoms with Gasteiger partial charge in [0, 0.05) is 6.07 Å². The number of nitrogens with zero attached hydrogens (tertiary/aromatic N) is 2. The summed E-state index contributed by atoms with van der Waals surface area (Å²) >= 11 is 1.30. The molecule has 2 heterocycles. The van der Waals surface area contributed by atoms with E-state index in [2.05, 4.69) is 4.98 Å². The highest BCUT2D eigenvalue weighted by Gasteiger charge is 2.17. The minimum atomic E-state index is -0.496. The first-order valence-corrected chi connectivity index (χ1v) is 8.98. The number of benzene rings is 2. The van der Waals surface area contributed by atoms with Gasteiger partial charge in [-0.25, -0.2) is 4.98 Å². The van der Waals surface area contributed by atoms with E-state index in [4.69, 9.17) is 10.5 Å². The number of hydrogen-bond acceptors (Lipinski definition) is 4. The lowest BCUT2D eigenvalue weighted by Gasteiger charge is -2.06. The number of amides is 1. The summed E-state index contributed by atoms with van der Waals surface area (Å²) in [6, 6.07) is 17.8. The minimum absolute atomic E-state index is 0.376. The zero-order valence-electron chi connectivity index (χ0n) is 14.2. The van der Waals surface area contributed by atoms with E-state index in [0.29, 0.717) is 17.2 Å². The lowest BCUT2D eigenvalue weighted by Crippen LogP contribution is -2.10. The van der Waals surface area contributed by atoms with E-state index in [0.717, 1.165) is 21.6 Å². The maximum atomic E-state index is 11.9. The summed E-state index contributed by atoms with van der Waals surface area (Å²) in [5.74, 6) is 0.000401. The zero-order valence-corrected chi connectivity index (χ0v) is 15.0. The van der Waals surface area contributed by atoms with Gasteiger partial charge in [0.1, 0.15) is 28.6 Å². The molecule has 0 radical (unpaired) electrons. The van der Waals surface area contributed by atoms with Crippen LogP contribution in [-0.2, 0) is 6.61 Å². The van der Waals surface area contributed by atoms with Crippen molar-refractivity contribution in [2.75, 3.05) is 0 Å². The largest absolute Gasteiger partial charge is 0.487 e. The smallest absolute Gasteiger partial charge is 0.262 e. The number of primary amides is 1. The number of carbonyl (C=O) groups excluding carboxylic acids is 1. The molecule has 2 aromatic heterocycles. The molecule has 5 nitrogen and oxygen atoms in total. The van der Waals surface area contributed by atoms with Gasteiger partial charge < -0.3 is 10.5 Å². The number of imidazole rings is 1. The van der Waals surface area contributed by atoms with Gasteiger partial charge >= 0.3 is 0 Å². The highest BCUT2D eigenvalue weighted by Crippen LogP contribution is 2.34. The van der Waals surface area contributed by atoms with Crippen LogP contribution in [0.5, 0.6) is 5.75 Å². The number of carbonyl (C=O) groups is 1. The first kappa shape index (κ1) is 16.4. The number of aryl methyl sites for hydroxylation is 1. The second-order valence-electron chi connectivity index (χ2n) is 6.02. The molecule has 0 spiro atoms. The summed E-state index contributed by atoms with van der Waals surface area (Å²) in [7, 11) is 0. The molecule has 1 amide bonds. The average Bonchev–Trinajstić information content (AvgIpc) is 3.25. The van der Waals surface area contributed by atoms with Gasteiger partial charge in [-0.15, -0.1) is 11.3 Å². The van der Waals surface area contributed by atoms with E-state index in [1.54, 1.807) is 6.33 Å². The first-order valence-electron chi connectivity index (χ1n) is 8.16. The number of fused-ring (bicyclic) bond motifs is 1. The number of thiophene rings is 1. The number of nitrogens with two attached hydrogens (primary N) is 1. The van der Waals surface area contributed by atoms with Gasteiger partial charge in [-0.3, -0.25) is 9.36 Å². The summed E-state index contributed by atoms with van der Waals surface area (Å²) in [6.07, 6.45) is 1.74. The second kappa shape index (κ2) is 6.65. The third kappa shape index (κ3) is 3.07. The molecule has 0 aliphatic carbocycles. The van der Waals surface area contributed by atoms with E-state index in [1.165, 1.54) is 16.9 Å². The Morgan fingerprint density at radius 1 is 1.19 bits per heavy atom. The molecule has 0 bridgehead atoms. The van der Waals surface area contributed by atoms with Gasteiger partial charge in [0.05, 0.1) is 11.0 Å². The summed E-state index contributed by atoms with van der Waals surface area (Å²) in [4.78, 5) is 16.7. The van der Waals surface area contributed by atoms with Crippen LogP contribution in [0, 0.1) is 6.92 Å². The van der Waals surface area contributed by atoms with Crippen LogP contribution in [0.4, 0.5) is 0 Å². The highest BCUT2D eigenvalue weighted by molar-refractivity contribution is 7.16. The van der Waals surface area contributed by atoms with Crippen molar-refractivity contribution < 1.29 is 9.53 Å². The van der Waals surface area contributed by atoms with Crippen LogP contribution in [0.1, 0.15) is 20.8 Å². The Balaban J connectivity index is 1.67. The molecular formula is C20H17N3O2S. The van der Waals surface area contributed by atoms with Gasteiger partial charge in [0.2, 0.25) is 0 Å². The van der Waals surface area contributed by atoms with E-state index in [9.17, 15) is 4.79 Å². The normalized spacial score (nSPS) is 11.0. The molecule has 0 saturated heterocycles. The Morgan fingerprint density at radius 3 is 2.73 bits per heavy atom. The standard InChI is InChI=1S/C20H17N3O2S/c1-13-6-8-14(9-7-13)11-25-17-10-18(26-19(17)20(21)24)23-12-22-15-4-2-3-5-16(15)23/h2-10,12H,11H2,1H3,(H2,21,24). The van der Waals surface area contributed by atoms with Crippen LogP contribution in [0.25, 0.3) is 16.0 Å². The SMILES string of the molecule is Cc1ccc(COc2cc(-n3cnc4ccccc43)sc2C(N)=O)cc1. The maximum Gasteiger partial charge on any atom is 0.262 e. The maximum absolute atomic E-state index is 11.9. The molecule has 0 fully saturated rings. The van der Waals surface area contributed by atoms with Crippen molar-refractivity contribution in [3.63, 3.8) is 0 Å². The van der Waals surface area contributed by atoms with E-state index < -0.39 is 5.91 Å². The summed E-state index contributed by atoms with van der Waals surface area (Å²) in [5, 5.41) is 0.839. The van der Waals surface area contributed by atoms with Crippen LogP contribution >= 0.6 is 11.3 Å². The van der Waals surface area contributed by atoms with Gasteiger partial charge in [0.15, 0.2) is 0 Å². The molecule has 2 aromatic carbocycles. The molecule has 0 aliphatic heterocycles. The molecule has 0 atom stereocenters. The van der Waals surface area contributed by atoms with Crippen LogP contribution in [-0.4, -0.2) is 15.5 Å². The van der Waals surface area contributed by atoms with Gasteiger partial charge in [0.25, 0.3) is 5.91 Å². The quantitative estimate of drug-likeness (QED) is 0.581. The molecule has 0 saturated carbocycles. The number of rotatable bonds is 5. The monoisotopic (exact) mass is 363 g/mol. The summed E-state index contributed by atoms with van der Waals surface area (Å²) in [6.45, 7) is 2.41. The Labute approximate surface area is 154 Å². The predicted octanol–water partition coefficient (Wildman–Crippen LogP) is 4.07. The first-order chi connectivity index (χ1) is 12.6. The van der Waals surface area contributed by atoms with E-state index in [1.807, 2.05) is 66.1 Å². The van der Waals surface area contributed by atoms with Crippen molar-refractivity contribution in [1.82, 2.24) is 9.55 Å². The molecule has 0 aliphatic rings. The van der Waals surface area contributed by atoms with E-state index >= 15 is 0 Å². The number of aromatic nitrogens is 2. The Kier molecular flexibility index (Phi) is 4.18. The topological polar surface area (TPSA) is 70.1 Å².